The number of nitrogens with zero attached hydrogens (tertiary/aromatic N) is 2. The summed E-state index contributed by atoms with van der Waals surface area (Å²) in [6, 6.07) is 62.0. The number of pyridine rings is 2. The van der Waals surface area contributed by atoms with E-state index in [-0.39, 0.29) is 0 Å². The van der Waals surface area contributed by atoms with E-state index in [1.165, 1.54) is 33.2 Å². The summed E-state index contributed by atoms with van der Waals surface area (Å²) in [6.45, 7) is 0. The van der Waals surface area contributed by atoms with E-state index in [1.54, 1.807) is 0 Å². The van der Waals surface area contributed by atoms with Crippen molar-refractivity contribution in [3.05, 3.63) is 204 Å². The molecule has 0 spiro atoms. The van der Waals surface area contributed by atoms with E-state index in [0.29, 0.717) is 0 Å². The fraction of sp³-hybridized carbons (Fsp3) is 0. The molecule has 0 aliphatic carbocycles. The standard InChI is InChI=1S/C44H30N2/c1-4-14-32(15-5-1)42(33-16-6-2-7-17-33)43(34-18-8-3-9-19-34)35-26-24-31(25-27-35)36-28-29-45-41(30-36)44-39-22-11-10-20-37(39)38-21-12-13-23-40(38)46-44/h1-30H. The zero-order valence-corrected chi connectivity index (χ0v) is 25.2. The normalized spacial score (nSPS) is 11.0. The second kappa shape index (κ2) is 12.1. The van der Waals surface area contributed by atoms with Crippen LogP contribution in [0.25, 0.3) is 55.3 Å². The average Bonchev–Trinajstić information content (AvgIpc) is 3.15. The van der Waals surface area contributed by atoms with Crippen LogP contribution >= 0.6 is 0 Å². The molecule has 0 saturated carbocycles. The Morgan fingerprint density at radius 3 is 1.43 bits per heavy atom. The largest absolute Gasteiger partial charge is 0.255 e. The predicted octanol–water partition coefficient (Wildman–Crippen LogP) is 11.1. The van der Waals surface area contributed by atoms with Crippen LogP contribution in [-0.2, 0) is 0 Å². The van der Waals surface area contributed by atoms with E-state index in [2.05, 4.69) is 170 Å². The predicted molar refractivity (Wildman–Crippen MR) is 192 cm³/mol. The Morgan fingerprint density at radius 2 is 0.848 bits per heavy atom. The summed E-state index contributed by atoms with van der Waals surface area (Å²) in [6.07, 6.45) is 1.89. The van der Waals surface area contributed by atoms with Crippen molar-refractivity contribution in [1.82, 2.24) is 9.97 Å². The summed E-state index contributed by atoms with van der Waals surface area (Å²) in [4.78, 5) is 9.89. The van der Waals surface area contributed by atoms with Crippen molar-refractivity contribution in [2.45, 2.75) is 0 Å². The second-order valence-electron chi connectivity index (χ2n) is 11.4. The molecule has 0 fully saturated rings. The Hall–Kier alpha value is -6.12. The van der Waals surface area contributed by atoms with E-state index in [4.69, 9.17) is 9.97 Å². The number of benzene rings is 6. The summed E-state index contributed by atoms with van der Waals surface area (Å²) in [5.41, 5.74) is 12.1. The maximum Gasteiger partial charge on any atom is 0.0972 e. The Kier molecular flexibility index (Phi) is 7.22. The smallest absolute Gasteiger partial charge is 0.0972 e. The summed E-state index contributed by atoms with van der Waals surface area (Å²) in [5.74, 6) is 0. The SMILES string of the molecule is c1ccc(C(=C(c2ccccc2)c2ccc(-c3ccnc(-c4nc5ccccc5c5ccccc45)c3)cc2)c2ccccc2)cc1. The lowest BCUT2D eigenvalue weighted by Gasteiger charge is -2.18. The quantitative estimate of drug-likeness (QED) is 0.143. The van der Waals surface area contributed by atoms with Gasteiger partial charge in [-0.3, -0.25) is 4.98 Å². The molecule has 0 saturated heterocycles. The van der Waals surface area contributed by atoms with Gasteiger partial charge in [0.25, 0.3) is 0 Å². The molecule has 8 aromatic rings. The topological polar surface area (TPSA) is 25.8 Å². The highest BCUT2D eigenvalue weighted by molar-refractivity contribution is 6.10. The molecule has 2 nitrogen and oxygen atoms in total. The maximum absolute atomic E-state index is 5.09. The van der Waals surface area contributed by atoms with E-state index >= 15 is 0 Å². The molecule has 46 heavy (non-hydrogen) atoms. The van der Waals surface area contributed by atoms with Crippen molar-refractivity contribution < 1.29 is 0 Å². The fourth-order valence-corrected chi connectivity index (χ4v) is 6.39. The molecule has 6 aromatic carbocycles. The first kappa shape index (κ1) is 27.4. The fourth-order valence-electron chi connectivity index (χ4n) is 6.39. The maximum atomic E-state index is 5.09. The number of hydrogen-bond donors (Lipinski definition) is 0. The van der Waals surface area contributed by atoms with Gasteiger partial charge >= 0.3 is 0 Å². The van der Waals surface area contributed by atoms with Crippen LogP contribution in [0, 0.1) is 0 Å². The molecule has 0 atom stereocenters. The van der Waals surface area contributed by atoms with Crippen LogP contribution in [0.5, 0.6) is 0 Å². The zero-order chi connectivity index (χ0) is 30.7. The second-order valence-corrected chi connectivity index (χ2v) is 11.4. The summed E-state index contributed by atoms with van der Waals surface area (Å²) >= 11 is 0. The van der Waals surface area contributed by atoms with Crippen LogP contribution in [0.4, 0.5) is 0 Å². The first-order chi connectivity index (χ1) is 22.8. The van der Waals surface area contributed by atoms with Gasteiger partial charge in [-0.15, -0.1) is 0 Å². The minimum absolute atomic E-state index is 0.865. The molecule has 216 valence electrons. The summed E-state index contributed by atoms with van der Waals surface area (Å²) in [7, 11) is 0. The molecule has 0 aliphatic heterocycles. The summed E-state index contributed by atoms with van der Waals surface area (Å²) in [5, 5.41) is 3.45. The van der Waals surface area contributed by atoms with Gasteiger partial charge in [-0.25, -0.2) is 4.98 Å². The van der Waals surface area contributed by atoms with Gasteiger partial charge in [0.2, 0.25) is 0 Å². The van der Waals surface area contributed by atoms with E-state index in [9.17, 15) is 0 Å². The van der Waals surface area contributed by atoms with Crippen LogP contribution in [0.15, 0.2) is 182 Å². The molecular weight excluding hydrogens is 556 g/mol. The third-order valence-corrected chi connectivity index (χ3v) is 8.56. The van der Waals surface area contributed by atoms with E-state index in [0.717, 1.165) is 44.4 Å². The number of rotatable bonds is 6. The Labute approximate surface area is 269 Å². The van der Waals surface area contributed by atoms with Gasteiger partial charge in [0, 0.05) is 17.0 Å². The van der Waals surface area contributed by atoms with Crippen LogP contribution < -0.4 is 0 Å². The van der Waals surface area contributed by atoms with Crippen LogP contribution in [0.2, 0.25) is 0 Å². The van der Waals surface area contributed by atoms with Crippen molar-refractivity contribution in [2.24, 2.45) is 0 Å². The van der Waals surface area contributed by atoms with E-state index in [1.807, 2.05) is 12.3 Å². The lowest BCUT2D eigenvalue weighted by molar-refractivity contribution is 1.29. The number of aromatic nitrogens is 2. The highest BCUT2D eigenvalue weighted by Gasteiger charge is 2.17. The third kappa shape index (κ3) is 5.16. The third-order valence-electron chi connectivity index (χ3n) is 8.56. The van der Waals surface area contributed by atoms with Crippen molar-refractivity contribution in [2.75, 3.05) is 0 Å². The van der Waals surface area contributed by atoms with Gasteiger partial charge in [-0.05, 0) is 68.1 Å². The Balaban J connectivity index is 1.26. The number of para-hydroxylation sites is 1. The average molecular weight is 587 g/mol. The lowest BCUT2D eigenvalue weighted by Crippen LogP contribution is -1.97. The van der Waals surface area contributed by atoms with Gasteiger partial charge in [-0.1, -0.05) is 158 Å². The zero-order valence-electron chi connectivity index (χ0n) is 25.2. The van der Waals surface area contributed by atoms with Gasteiger partial charge in [0.1, 0.15) is 0 Å². The van der Waals surface area contributed by atoms with Gasteiger partial charge < -0.3 is 0 Å². The molecule has 0 N–H and O–H groups in total. The highest BCUT2D eigenvalue weighted by atomic mass is 14.8. The van der Waals surface area contributed by atoms with Crippen molar-refractivity contribution in [3.63, 3.8) is 0 Å². The highest BCUT2D eigenvalue weighted by Crippen LogP contribution is 2.38. The molecule has 0 bridgehead atoms. The number of hydrogen-bond acceptors (Lipinski definition) is 2. The van der Waals surface area contributed by atoms with Gasteiger partial charge in [-0.2, -0.15) is 0 Å². The Bertz CT molecular complexity index is 2280. The van der Waals surface area contributed by atoms with Gasteiger partial charge in [0.15, 0.2) is 0 Å². The first-order valence-corrected chi connectivity index (χ1v) is 15.6. The molecule has 0 radical (unpaired) electrons. The molecular formula is C44H30N2. The molecule has 2 heterocycles. The molecule has 8 rings (SSSR count). The van der Waals surface area contributed by atoms with Crippen LogP contribution in [0.3, 0.4) is 0 Å². The first-order valence-electron chi connectivity index (χ1n) is 15.6. The molecule has 0 amide bonds. The lowest BCUT2D eigenvalue weighted by atomic mass is 9.85. The monoisotopic (exact) mass is 586 g/mol. The van der Waals surface area contributed by atoms with Crippen molar-refractivity contribution >= 4 is 32.8 Å². The van der Waals surface area contributed by atoms with Crippen LogP contribution in [-0.4, -0.2) is 9.97 Å². The van der Waals surface area contributed by atoms with Crippen LogP contribution in [0.1, 0.15) is 22.3 Å². The Morgan fingerprint density at radius 1 is 0.370 bits per heavy atom. The van der Waals surface area contributed by atoms with Gasteiger partial charge in [0.05, 0.1) is 16.9 Å². The summed E-state index contributed by atoms with van der Waals surface area (Å²) < 4.78 is 0. The number of fused-ring (bicyclic) bond motifs is 3. The van der Waals surface area contributed by atoms with Crippen molar-refractivity contribution in [3.8, 4) is 22.5 Å². The minimum atomic E-state index is 0.865. The molecule has 0 unspecified atom stereocenters. The van der Waals surface area contributed by atoms with E-state index < -0.39 is 0 Å². The van der Waals surface area contributed by atoms with Crippen molar-refractivity contribution in [1.29, 1.82) is 0 Å². The molecule has 2 aromatic heterocycles. The minimum Gasteiger partial charge on any atom is -0.255 e. The molecule has 0 aliphatic rings. The molecule has 2 heteroatoms.